The normalized spacial score (nSPS) is 31.5. The molecule has 16 heteroatoms. The number of ether oxygens (including phenoxy) is 4. The van der Waals surface area contributed by atoms with Crippen molar-refractivity contribution >= 4 is 46.7 Å². The second-order valence-corrected chi connectivity index (χ2v) is 16.2. The van der Waals surface area contributed by atoms with Crippen molar-refractivity contribution in [2.24, 2.45) is 33.9 Å². The number of likely N-dealkylation sites (tertiary alicyclic amines) is 1. The van der Waals surface area contributed by atoms with Gasteiger partial charge in [0.25, 0.3) is 11.7 Å². The lowest BCUT2D eigenvalue weighted by atomic mass is 9.78. The number of esters is 1. The number of allylic oxidation sites excluding steroid dienone is 2. The third kappa shape index (κ3) is 9.15. The van der Waals surface area contributed by atoms with Crippen molar-refractivity contribution in [3.8, 4) is 23.0 Å². The number of ketones is 1. The molecule has 4 aliphatic heterocycles. The van der Waals surface area contributed by atoms with Gasteiger partial charge in [0.05, 0.1) is 53.0 Å². The number of piperidine rings is 1. The molecule has 4 heterocycles. The maximum atomic E-state index is 14.4. The lowest BCUT2D eigenvalue weighted by Crippen LogP contribution is -2.46. The van der Waals surface area contributed by atoms with Gasteiger partial charge >= 0.3 is 11.8 Å². The monoisotopic (exact) mass is 834 g/mol. The summed E-state index contributed by atoms with van der Waals surface area (Å²) in [5.41, 5.74) is -0.544. The molecule has 16 nitrogen and oxygen atoms in total. The zero-order valence-electron chi connectivity index (χ0n) is 35.6. The van der Waals surface area contributed by atoms with Gasteiger partial charge in [-0.25, -0.2) is 0 Å². The molecule has 1 saturated heterocycles. The van der Waals surface area contributed by atoms with Gasteiger partial charge in [-0.05, 0) is 39.2 Å². The molecule has 4 aliphatic rings. The first-order chi connectivity index (χ1) is 28.3. The number of aromatic hydroxyl groups is 3. The van der Waals surface area contributed by atoms with Gasteiger partial charge in [-0.2, -0.15) is 5.10 Å². The summed E-state index contributed by atoms with van der Waals surface area (Å²) in [6, 6.07) is 0. The van der Waals surface area contributed by atoms with Gasteiger partial charge < -0.3 is 54.7 Å². The number of amides is 1. The lowest BCUT2D eigenvalue weighted by Gasteiger charge is -2.38. The Hall–Kier alpha value is -5.45. The van der Waals surface area contributed by atoms with Crippen molar-refractivity contribution in [2.75, 3.05) is 25.5 Å². The number of nitrogens with zero attached hydrogens (tertiary/aromatic N) is 3. The summed E-state index contributed by atoms with van der Waals surface area (Å²) < 4.78 is 23.6. The van der Waals surface area contributed by atoms with Gasteiger partial charge in [-0.15, -0.1) is 5.10 Å². The van der Waals surface area contributed by atoms with Crippen LogP contribution >= 0.6 is 0 Å². The first-order valence-electron chi connectivity index (χ1n) is 20.2. The Kier molecular flexibility index (Phi) is 14.3. The van der Waals surface area contributed by atoms with Crippen LogP contribution in [0.25, 0.3) is 10.8 Å². The minimum atomic E-state index is -2.06. The van der Waals surface area contributed by atoms with Gasteiger partial charge in [0, 0.05) is 74.2 Å². The Morgan fingerprint density at radius 3 is 2.27 bits per heavy atom. The summed E-state index contributed by atoms with van der Waals surface area (Å²) in [6.07, 6.45) is 9.29. The summed E-state index contributed by atoms with van der Waals surface area (Å²) >= 11 is 0. The summed E-state index contributed by atoms with van der Waals surface area (Å²) in [5, 5.41) is 68.6. The Balaban J connectivity index is 1.69. The van der Waals surface area contributed by atoms with Crippen LogP contribution in [0.15, 0.2) is 46.3 Å². The predicted octanol–water partition coefficient (Wildman–Crippen LogP) is 5.60. The van der Waals surface area contributed by atoms with Crippen LogP contribution in [-0.2, 0) is 23.8 Å². The first kappa shape index (κ1) is 45.6. The maximum Gasteiger partial charge on any atom is 0.312 e. The van der Waals surface area contributed by atoms with E-state index in [1.807, 2.05) is 4.90 Å². The third-order valence-electron chi connectivity index (χ3n) is 11.9. The van der Waals surface area contributed by atoms with Crippen molar-refractivity contribution in [3.63, 3.8) is 0 Å². The van der Waals surface area contributed by atoms with E-state index in [1.165, 1.54) is 53.2 Å². The standard InChI is InChI=1S/C44H58N4O12/c1-22-14-13-15-23(2)43(56)47-34-29(20-45-46-21-48-17-11-10-12-18-48)38(53)31-32(39(34)54)37(52)27(6)41-33(31)42(55)44(8,60-41)58-19-16-30(57-9)24(3)40(59-28(7)49)26(5)36(51)25(4)35(22)50/h13-16,19-22,24-26,30,35-36,40,50-54H,10-12,17-18H2,1-9H3,(H,47,56)/b14-13+,19-16+,23-15-,45-20-,46-21-/t22-,24+,25-,26-,30+,35-,36-,40+,44-/m0/s1. The predicted molar refractivity (Wildman–Crippen MR) is 225 cm³/mol. The molecule has 6 N–H and O–H groups in total. The summed E-state index contributed by atoms with van der Waals surface area (Å²) in [7, 11) is 1.43. The van der Waals surface area contributed by atoms with Gasteiger partial charge in [-0.3, -0.25) is 14.4 Å². The molecule has 5 bridgehead atoms. The lowest BCUT2D eigenvalue weighted by molar-refractivity contribution is -0.160. The molecule has 1 fully saturated rings. The molecular formula is C44H58N4O12. The van der Waals surface area contributed by atoms with E-state index >= 15 is 0 Å². The fourth-order valence-electron chi connectivity index (χ4n) is 8.10. The number of Topliss-reactive ketones (excluding diaryl/α,β-unsaturated/α-hetero) is 1. The third-order valence-corrected chi connectivity index (χ3v) is 11.9. The van der Waals surface area contributed by atoms with Crippen molar-refractivity contribution in [3.05, 3.63) is 52.8 Å². The number of carbonyl (C=O) groups excluding carboxylic acids is 3. The van der Waals surface area contributed by atoms with Gasteiger partial charge in [0.2, 0.25) is 0 Å². The second-order valence-electron chi connectivity index (χ2n) is 16.2. The molecule has 9 atom stereocenters. The van der Waals surface area contributed by atoms with Crippen molar-refractivity contribution in [1.82, 2.24) is 4.90 Å². The summed E-state index contributed by atoms with van der Waals surface area (Å²) in [4.78, 5) is 42.4. The number of rotatable bonds is 5. The Labute approximate surface area is 349 Å². The van der Waals surface area contributed by atoms with E-state index in [0.29, 0.717) is 0 Å². The van der Waals surface area contributed by atoms with Crippen LogP contribution in [0, 0.1) is 30.6 Å². The van der Waals surface area contributed by atoms with E-state index in [1.54, 1.807) is 46.2 Å². The quantitative estimate of drug-likeness (QED) is 0.0539. The minimum Gasteiger partial charge on any atom is -0.507 e. The number of hydrogen-bond acceptors (Lipinski definition) is 14. The van der Waals surface area contributed by atoms with Crippen LogP contribution in [0.5, 0.6) is 23.0 Å². The van der Waals surface area contributed by atoms with E-state index in [-0.39, 0.29) is 44.5 Å². The smallest absolute Gasteiger partial charge is 0.312 e. The molecule has 0 radical (unpaired) electrons. The number of nitrogens with one attached hydrogen (secondary N) is 1. The topological polar surface area (TPSA) is 229 Å². The van der Waals surface area contributed by atoms with Crippen molar-refractivity contribution in [1.29, 1.82) is 0 Å². The van der Waals surface area contributed by atoms with Crippen LogP contribution in [0.3, 0.4) is 0 Å². The van der Waals surface area contributed by atoms with Gasteiger partial charge in [0.1, 0.15) is 29.7 Å². The molecule has 0 saturated carbocycles. The number of carbonyl (C=O) groups is 3. The SMILES string of the molecule is CO[C@@H]1/C=C/O[C@@]2(C)Oc3c(C)c(O)c4c(O)c(c(/C=N\N=C/N5CCCCC5)c(O)c4c3C2=O)NC(=O)/C(C)=C\C=C\[C@H](C)[C@H](O)[C@H](C)[C@H](O)[C@H](C)[C@H](OC(C)=O)[C@@H]1C. The Bertz CT molecular complexity index is 2120. The number of fused-ring (bicyclic) bond motifs is 14. The van der Waals surface area contributed by atoms with E-state index in [4.69, 9.17) is 18.9 Å². The number of hydrogen-bond donors (Lipinski definition) is 6. The molecule has 1 amide bonds. The highest BCUT2D eigenvalue weighted by Gasteiger charge is 2.50. The van der Waals surface area contributed by atoms with Crippen molar-refractivity contribution < 1.29 is 58.9 Å². The zero-order chi connectivity index (χ0) is 44.2. The van der Waals surface area contributed by atoms with Crippen LogP contribution in [-0.4, -0.2) is 111 Å². The van der Waals surface area contributed by atoms with Crippen LogP contribution in [0.2, 0.25) is 0 Å². The molecule has 2 aromatic rings. The molecule has 2 aromatic carbocycles. The highest BCUT2D eigenvalue weighted by atomic mass is 16.7. The highest BCUT2D eigenvalue weighted by Crippen LogP contribution is 2.55. The van der Waals surface area contributed by atoms with E-state index in [2.05, 4.69) is 15.5 Å². The number of methoxy groups -OCH3 is 1. The van der Waals surface area contributed by atoms with E-state index in [0.717, 1.165) is 38.6 Å². The number of phenols is 3. The number of benzene rings is 2. The zero-order valence-corrected chi connectivity index (χ0v) is 35.6. The average molecular weight is 835 g/mol. The Morgan fingerprint density at radius 2 is 1.62 bits per heavy atom. The van der Waals surface area contributed by atoms with Crippen LogP contribution in [0.1, 0.15) is 89.2 Å². The van der Waals surface area contributed by atoms with Gasteiger partial charge in [-0.1, -0.05) is 45.9 Å². The fraction of sp³-hybridized carbons (Fsp3) is 0.523. The highest BCUT2D eigenvalue weighted by molar-refractivity contribution is 6.23. The first-order valence-corrected chi connectivity index (χ1v) is 20.2. The van der Waals surface area contributed by atoms with Gasteiger partial charge in [0.15, 0.2) is 5.75 Å². The largest absolute Gasteiger partial charge is 0.507 e. The number of aliphatic hydroxyl groups excluding tert-OH is 2. The van der Waals surface area contributed by atoms with Crippen molar-refractivity contribution in [2.45, 2.75) is 105 Å². The molecule has 6 rings (SSSR count). The molecule has 60 heavy (non-hydrogen) atoms. The number of anilines is 1. The molecule has 0 aromatic heterocycles. The second kappa shape index (κ2) is 18.9. The molecule has 0 spiro atoms. The fourth-order valence-corrected chi connectivity index (χ4v) is 8.10. The summed E-state index contributed by atoms with van der Waals surface area (Å²) in [6.45, 7) is 14.1. The average Bonchev–Trinajstić information content (AvgIpc) is 3.48. The minimum absolute atomic E-state index is 0.0408. The van der Waals surface area contributed by atoms with E-state index < -0.39 is 88.8 Å². The van der Waals surface area contributed by atoms with E-state index in [9.17, 15) is 39.9 Å². The molecule has 326 valence electrons. The molecular weight excluding hydrogens is 776 g/mol. The van der Waals surface area contributed by atoms with Crippen LogP contribution in [0.4, 0.5) is 5.69 Å². The maximum absolute atomic E-state index is 14.4. The number of phenolic OH excluding ortho intramolecular Hbond substituents is 3. The molecule has 0 aliphatic carbocycles. The molecule has 0 unspecified atom stereocenters. The number of aliphatic hydroxyl groups is 2. The van der Waals surface area contributed by atoms with Crippen LogP contribution < -0.4 is 10.1 Å². The Morgan fingerprint density at radius 1 is 0.933 bits per heavy atom. The summed E-state index contributed by atoms with van der Waals surface area (Å²) in [5.74, 6) is -8.56.